The van der Waals surface area contributed by atoms with Gasteiger partial charge in [0.15, 0.2) is 0 Å². The molecule has 0 saturated heterocycles. The summed E-state index contributed by atoms with van der Waals surface area (Å²) in [4.78, 5) is 32.3. The molecule has 0 unspecified atom stereocenters. The monoisotopic (exact) mass is 343 g/mol. The molecule has 1 N–H and O–H groups in total. The number of Topliss-reactive ketones (excluding diaryl/α,β-unsaturated/α-hetero) is 1. The van der Waals surface area contributed by atoms with Gasteiger partial charge in [0.05, 0.1) is 5.75 Å². The van der Waals surface area contributed by atoms with Gasteiger partial charge in [-0.1, -0.05) is 0 Å². The minimum Gasteiger partial charge on any atom is -0.356 e. The van der Waals surface area contributed by atoms with E-state index < -0.39 is 0 Å². The zero-order valence-electron chi connectivity index (χ0n) is 8.55. The van der Waals surface area contributed by atoms with Crippen LogP contribution in [-0.2, 0) is 14.4 Å². The Morgan fingerprint density at radius 2 is 1.93 bits per heavy atom. The van der Waals surface area contributed by atoms with E-state index in [2.05, 4.69) is 5.32 Å². The molecule has 86 valence electrons. The first-order valence-corrected chi connectivity index (χ1v) is 6.78. The van der Waals surface area contributed by atoms with Crippen molar-refractivity contribution in [3.63, 3.8) is 0 Å². The van der Waals surface area contributed by atoms with Crippen LogP contribution in [0.3, 0.4) is 0 Å². The Kier molecular flexibility index (Phi) is 9.07. The van der Waals surface area contributed by atoms with Gasteiger partial charge in [-0.3, -0.25) is 14.4 Å². The van der Waals surface area contributed by atoms with E-state index in [0.717, 1.165) is 0 Å². The topological polar surface area (TPSA) is 63.2 Å². The van der Waals surface area contributed by atoms with E-state index in [4.69, 9.17) is 0 Å². The van der Waals surface area contributed by atoms with Crippen LogP contribution in [-0.4, -0.2) is 33.5 Å². The number of hydrogen-bond acceptors (Lipinski definition) is 4. The van der Waals surface area contributed by atoms with Crippen LogP contribution in [0.4, 0.5) is 0 Å². The number of amides is 1. The normalized spacial score (nSPS) is 9.73. The van der Waals surface area contributed by atoms with Gasteiger partial charge in [-0.05, 0) is 6.92 Å². The van der Waals surface area contributed by atoms with E-state index in [9.17, 15) is 14.4 Å². The Balaban J connectivity index is 3.33. The highest BCUT2D eigenvalue weighted by molar-refractivity contribution is 14.1. The second kappa shape index (κ2) is 9.14. The highest BCUT2D eigenvalue weighted by Crippen LogP contribution is 2.04. The molecular weight excluding hydrogens is 329 g/mol. The summed E-state index contributed by atoms with van der Waals surface area (Å²) in [5.41, 5.74) is 0. The average molecular weight is 343 g/mol. The Morgan fingerprint density at radius 1 is 1.27 bits per heavy atom. The SMILES string of the molecule is CC(=O)CCNC(=O)CCSCC(=O)I. The molecule has 0 spiro atoms. The van der Waals surface area contributed by atoms with E-state index in [0.29, 0.717) is 30.9 Å². The third kappa shape index (κ3) is 11.8. The number of ketones is 1. The number of rotatable bonds is 8. The summed E-state index contributed by atoms with van der Waals surface area (Å²) in [6, 6.07) is 0. The molecule has 1 amide bonds. The number of nitrogens with one attached hydrogen (secondary N) is 1. The molecule has 0 aromatic heterocycles. The van der Waals surface area contributed by atoms with Crippen molar-refractivity contribution in [3.05, 3.63) is 0 Å². The van der Waals surface area contributed by atoms with Crippen molar-refractivity contribution in [1.29, 1.82) is 0 Å². The Labute approximate surface area is 107 Å². The molecule has 0 saturated carbocycles. The van der Waals surface area contributed by atoms with E-state index in [1.165, 1.54) is 18.7 Å². The van der Waals surface area contributed by atoms with Crippen molar-refractivity contribution in [2.45, 2.75) is 19.8 Å². The summed E-state index contributed by atoms with van der Waals surface area (Å²) in [5.74, 6) is 1.09. The first kappa shape index (κ1) is 14.9. The largest absolute Gasteiger partial charge is 0.356 e. The number of thioether (sulfide) groups is 1. The molecule has 0 atom stereocenters. The van der Waals surface area contributed by atoms with Gasteiger partial charge in [0.25, 0.3) is 0 Å². The number of carbonyl (C=O) groups is 3. The predicted molar refractivity (Wildman–Crippen MR) is 69.3 cm³/mol. The lowest BCUT2D eigenvalue weighted by molar-refractivity contribution is -0.121. The second-order valence-electron chi connectivity index (χ2n) is 2.96. The van der Waals surface area contributed by atoms with Gasteiger partial charge < -0.3 is 5.32 Å². The minimum absolute atomic E-state index is 0.0651. The standard InChI is InChI=1S/C9H14INO3S/c1-7(12)2-4-11-9(14)3-5-15-6-8(10)13/h2-6H2,1H3,(H,11,14). The molecule has 0 aliphatic carbocycles. The summed E-state index contributed by atoms with van der Waals surface area (Å²) in [7, 11) is 0. The molecule has 6 heteroatoms. The van der Waals surface area contributed by atoms with E-state index in [-0.39, 0.29) is 15.5 Å². The van der Waals surface area contributed by atoms with Gasteiger partial charge in [-0.15, -0.1) is 0 Å². The van der Waals surface area contributed by atoms with Gasteiger partial charge in [0.2, 0.25) is 9.70 Å². The van der Waals surface area contributed by atoms with Crippen LogP contribution in [0.25, 0.3) is 0 Å². The maximum absolute atomic E-state index is 11.1. The van der Waals surface area contributed by atoms with Crippen LogP contribution in [0.2, 0.25) is 0 Å². The van der Waals surface area contributed by atoms with E-state index in [1.54, 1.807) is 22.6 Å². The van der Waals surface area contributed by atoms with Gasteiger partial charge in [-0.2, -0.15) is 11.8 Å². The number of hydrogen-bond donors (Lipinski definition) is 1. The van der Waals surface area contributed by atoms with Crippen LogP contribution >= 0.6 is 34.4 Å². The Hall–Kier alpha value is -0.110. The van der Waals surface area contributed by atoms with Crippen LogP contribution in [0, 0.1) is 0 Å². The lowest BCUT2D eigenvalue weighted by Gasteiger charge is -2.02. The fourth-order valence-corrected chi connectivity index (χ4v) is 2.08. The molecule has 0 aliphatic heterocycles. The molecule has 0 aromatic rings. The fourth-order valence-electron chi connectivity index (χ4n) is 0.784. The highest BCUT2D eigenvalue weighted by atomic mass is 127. The summed E-state index contributed by atoms with van der Waals surface area (Å²) in [6.07, 6.45) is 0.775. The fraction of sp³-hybridized carbons (Fsp3) is 0.667. The van der Waals surface area contributed by atoms with Crippen molar-refractivity contribution in [1.82, 2.24) is 5.32 Å². The Morgan fingerprint density at radius 3 is 2.47 bits per heavy atom. The number of halogens is 1. The van der Waals surface area contributed by atoms with Crippen LogP contribution < -0.4 is 5.32 Å². The smallest absolute Gasteiger partial charge is 0.220 e. The zero-order valence-corrected chi connectivity index (χ0v) is 11.5. The van der Waals surface area contributed by atoms with Crippen molar-refractivity contribution in [2.75, 3.05) is 18.1 Å². The first-order chi connectivity index (χ1) is 7.02. The van der Waals surface area contributed by atoms with Gasteiger partial charge in [0.1, 0.15) is 5.78 Å². The molecule has 0 heterocycles. The maximum atomic E-state index is 11.1. The predicted octanol–water partition coefficient (Wildman–Crippen LogP) is 1.17. The summed E-state index contributed by atoms with van der Waals surface area (Å²) >= 11 is 3.18. The van der Waals surface area contributed by atoms with Crippen molar-refractivity contribution in [2.24, 2.45) is 0 Å². The zero-order chi connectivity index (χ0) is 11.7. The molecule has 15 heavy (non-hydrogen) atoms. The van der Waals surface area contributed by atoms with Crippen LogP contribution in [0.1, 0.15) is 19.8 Å². The molecule has 0 radical (unpaired) electrons. The van der Waals surface area contributed by atoms with Crippen LogP contribution in [0.15, 0.2) is 0 Å². The maximum Gasteiger partial charge on any atom is 0.220 e. The van der Waals surface area contributed by atoms with E-state index in [1.807, 2.05) is 0 Å². The quantitative estimate of drug-likeness (QED) is 0.408. The highest BCUT2D eigenvalue weighted by Gasteiger charge is 2.02. The first-order valence-electron chi connectivity index (χ1n) is 4.54. The Bertz CT molecular complexity index is 246. The molecule has 0 aromatic carbocycles. The molecule has 0 aliphatic rings. The van der Waals surface area contributed by atoms with E-state index >= 15 is 0 Å². The average Bonchev–Trinajstić information content (AvgIpc) is 2.11. The molecule has 0 fully saturated rings. The van der Waals surface area contributed by atoms with Crippen molar-refractivity contribution < 1.29 is 14.4 Å². The van der Waals surface area contributed by atoms with Crippen molar-refractivity contribution in [3.8, 4) is 0 Å². The third-order valence-electron chi connectivity index (χ3n) is 1.49. The molecule has 4 nitrogen and oxygen atoms in total. The summed E-state index contributed by atoms with van der Waals surface area (Å²) in [6.45, 7) is 1.90. The molecular formula is C9H14INO3S. The van der Waals surface area contributed by atoms with Crippen LogP contribution in [0.5, 0.6) is 0 Å². The van der Waals surface area contributed by atoms with Crippen molar-refractivity contribution >= 4 is 49.8 Å². The lowest BCUT2D eigenvalue weighted by atomic mass is 10.3. The second-order valence-corrected chi connectivity index (χ2v) is 5.27. The summed E-state index contributed by atoms with van der Waals surface area (Å²) in [5, 5.41) is 2.64. The van der Waals surface area contributed by atoms with Gasteiger partial charge >= 0.3 is 0 Å². The minimum atomic E-state index is -0.0651. The number of carbonyl (C=O) groups excluding carboxylic acids is 3. The summed E-state index contributed by atoms with van der Waals surface area (Å²) < 4.78 is 0.0922. The lowest BCUT2D eigenvalue weighted by Crippen LogP contribution is -2.25. The van der Waals surface area contributed by atoms with Gasteiger partial charge in [-0.25, -0.2) is 0 Å². The molecule has 0 rings (SSSR count). The third-order valence-corrected chi connectivity index (χ3v) is 3.35. The van der Waals surface area contributed by atoms with Gasteiger partial charge in [0, 0.05) is 47.7 Å². The molecule has 0 bridgehead atoms.